The Hall–Kier alpha value is -1.10. The first-order valence-corrected chi connectivity index (χ1v) is 6.61. The van der Waals surface area contributed by atoms with Crippen molar-refractivity contribution in [3.8, 4) is 5.75 Å². The van der Waals surface area contributed by atoms with Crippen molar-refractivity contribution >= 4 is 0 Å². The molecule has 2 rings (SSSR count). The van der Waals surface area contributed by atoms with Crippen molar-refractivity contribution in [2.45, 2.75) is 25.5 Å². The van der Waals surface area contributed by atoms with Crippen molar-refractivity contribution in [3.63, 3.8) is 0 Å². The van der Waals surface area contributed by atoms with Crippen molar-refractivity contribution in [1.29, 1.82) is 0 Å². The van der Waals surface area contributed by atoms with Gasteiger partial charge in [0.05, 0.1) is 6.10 Å². The second-order valence-electron chi connectivity index (χ2n) is 4.73. The topological polar surface area (TPSA) is 58.7 Å². The molecule has 1 fully saturated rings. The molecule has 0 bridgehead atoms. The highest BCUT2D eigenvalue weighted by Gasteiger charge is 2.16. The maximum atomic E-state index is 9.43. The fraction of sp³-hybridized carbons (Fsp3) is 0.571. The van der Waals surface area contributed by atoms with Crippen molar-refractivity contribution in [1.82, 2.24) is 4.90 Å². The lowest BCUT2D eigenvalue weighted by Gasteiger charge is -2.29. The van der Waals surface area contributed by atoms with Gasteiger partial charge in [0.2, 0.25) is 0 Å². The van der Waals surface area contributed by atoms with Crippen LogP contribution >= 0.6 is 0 Å². The van der Waals surface area contributed by atoms with Gasteiger partial charge in [-0.1, -0.05) is 18.2 Å². The minimum Gasteiger partial charge on any atom is -0.492 e. The molecule has 0 radical (unpaired) electrons. The van der Waals surface area contributed by atoms with Crippen molar-refractivity contribution in [3.05, 3.63) is 29.8 Å². The Morgan fingerprint density at radius 1 is 1.28 bits per heavy atom. The molecule has 0 saturated carbocycles. The van der Waals surface area contributed by atoms with Crippen LogP contribution in [0.4, 0.5) is 0 Å². The van der Waals surface area contributed by atoms with E-state index in [0.717, 1.165) is 43.8 Å². The van der Waals surface area contributed by atoms with Gasteiger partial charge in [0.1, 0.15) is 12.4 Å². The number of para-hydroxylation sites is 1. The van der Waals surface area contributed by atoms with Gasteiger partial charge < -0.3 is 15.6 Å². The lowest BCUT2D eigenvalue weighted by molar-refractivity contribution is 0.0754. The van der Waals surface area contributed by atoms with Gasteiger partial charge in [-0.05, 0) is 18.9 Å². The number of likely N-dealkylation sites (tertiary alicyclic amines) is 1. The fourth-order valence-electron chi connectivity index (χ4n) is 2.24. The molecule has 1 heterocycles. The molecule has 4 nitrogen and oxygen atoms in total. The number of ether oxygens (including phenoxy) is 1. The highest BCUT2D eigenvalue weighted by molar-refractivity contribution is 5.32. The maximum absolute atomic E-state index is 9.43. The number of hydrogen-bond donors (Lipinski definition) is 2. The lowest BCUT2D eigenvalue weighted by Crippen LogP contribution is -2.38. The molecule has 18 heavy (non-hydrogen) atoms. The average molecular weight is 250 g/mol. The molecule has 1 aliphatic heterocycles. The number of aliphatic hydroxyl groups excluding tert-OH is 1. The molecule has 1 aliphatic rings. The standard InChI is InChI=1S/C14H22N2O2/c15-11-12-3-1-2-4-14(12)18-10-9-16-7-5-13(17)6-8-16/h1-4,13,17H,5-11,15H2. The Morgan fingerprint density at radius 2 is 2.00 bits per heavy atom. The number of rotatable bonds is 5. The van der Waals surface area contributed by atoms with E-state index in [1.54, 1.807) is 0 Å². The Morgan fingerprint density at radius 3 is 2.72 bits per heavy atom. The molecule has 0 atom stereocenters. The normalized spacial score (nSPS) is 17.9. The van der Waals surface area contributed by atoms with Crippen LogP contribution in [0.5, 0.6) is 5.75 Å². The van der Waals surface area contributed by atoms with Gasteiger partial charge in [-0.15, -0.1) is 0 Å². The summed E-state index contributed by atoms with van der Waals surface area (Å²) in [6.45, 7) is 4.01. The summed E-state index contributed by atoms with van der Waals surface area (Å²) in [7, 11) is 0. The molecular weight excluding hydrogens is 228 g/mol. The largest absolute Gasteiger partial charge is 0.492 e. The average Bonchev–Trinajstić information content (AvgIpc) is 2.41. The van der Waals surface area contributed by atoms with Gasteiger partial charge >= 0.3 is 0 Å². The Balaban J connectivity index is 1.75. The fourth-order valence-corrected chi connectivity index (χ4v) is 2.24. The summed E-state index contributed by atoms with van der Waals surface area (Å²) in [6, 6.07) is 7.89. The maximum Gasteiger partial charge on any atom is 0.123 e. The summed E-state index contributed by atoms with van der Waals surface area (Å²) in [6.07, 6.45) is 1.64. The third-order valence-electron chi connectivity index (χ3n) is 3.41. The first-order valence-electron chi connectivity index (χ1n) is 6.61. The van der Waals surface area contributed by atoms with E-state index in [0.29, 0.717) is 13.2 Å². The quantitative estimate of drug-likeness (QED) is 0.818. The van der Waals surface area contributed by atoms with E-state index in [-0.39, 0.29) is 6.10 Å². The first-order chi connectivity index (χ1) is 8.79. The minimum atomic E-state index is -0.111. The van der Waals surface area contributed by atoms with Gasteiger partial charge in [-0.2, -0.15) is 0 Å². The number of hydrogen-bond acceptors (Lipinski definition) is 4. The van der Waals surface area contributed by atoms with E-state index in [1.165, 1.54) is 0 Å². The smallest absolute Gasteiger partial charge is 0.123 e. The monoisotopic (exact) mass is 250 g/mol. The molecule has 0 spiro atoms. The molecule has 0 amide bonds. The molecule has 0 aliphatic carbocycles. The Labute approximate surface area is 108 Å². The second kappa shape index (κ2) is 6.73. The van der Waals surface area contributed by atoms with Crippen LogP contribution in [0.2, 0.25) is 0 Å². The van der Waals surface area contributed by atoms with E-state index in [4.69, 9.17) is 10.5 Å². The zero-order valence-electron chi connectivity index (χ0n) is 10.7. The van der Waals surface area contributed by atoms with Gasteiger partial charge in [-0.3, -0.25) is 4.90 Å². The number of nitrogens with two attached hydrogens (primary N) is 1. The van der Waals surface area contributed by atoms with Gasteiger partial charge in [0, 0.05) is 31.7 Å². The van der Waals surface area contributed by atoms with Crippen LogP contribution in [0, 0.1) is 0 Å². The zero-order valence-corrected chi connectivity index (χ0v) is 10.7. The van der Waals surface area contributed by atoms with Crippen LogP contribution in [0.1, 0.15) is 18.4 Å². The summed E-state index contributed by atoms with van der Waals surface area (Å²) < 4.78 is 5.77. The molecule has 100 valence electrons. The number of aliphatic hydroxyl groups is 1. The molecule has 0 unspecified atom stereocenters. The van der Waals surface area contributed by atoms with E-state index in [9.17, 15) is 5.11 Å². The molecule has 0 aromatic heterocycles. The van der Waals surface area contributed by atoms with Crippen LogP contribution < -0.4 is 10.5 Å². The van der Waals surface area contributed by atoms with Gasteiger partial charge in [0.25, 0.3) is 0 Å². The molecular formula is C14H22N2O2. The van der Waals surface area contributed by atoms with E-state index in [2.05, 4.69) is 4.90 Å². The molecule has 4 heteroatoms. The molecule has 1 saturated heterocycles. The number of nitrogens with zero attached hydrogens (tertiary/aromatic N) is 1. The van der Waals surface area contributed by atoms with E-state index < -0.39 is 0 Å². The van der Waals surface area contributed by atoms with E-state index >= 15 is 0 Å². The highest BCUT2D eigenvalue weighted by Crippen LogP contribution is 2.17. The third kappa shape index (κ3) is 3.70. The van der Waals surface area contributed by atoms with Crippen molar-refractivity contribution in [2.24, 2.45) is 5.73 Å². The summed E-state index contributed by atoms with van der Waals surface area (Å²) in [5.41, 5.74) is 6.71. The van der Waals surface area contributed by atoms with Gasteiger partial charge in [-0.25, -0.2) is 0 Å². The summed E-state index contributed by atoms with van der Waals surface area (Å²) >= 11 is 0. The molecule has 1 aromatic rings. The van der Waals surface area contributed by atoms with Crippen LogP contribution in [-0.2, 0) is 6.54 Å². The SMILES string of the molecule is NCc1ccccc1OCCN1CCC(O)CC1. The predicted octanol–water partition coefficient (Wildman–Crippen LogP) is 0.981. The second-order valence-corrected chi connectivity index (χ2v) is 4.73. The number of piperidine rings is 1. The summed E-state index contributed by atoms with van der Waals surface area (Å²) in [5.74, 6) is 0.886. The summed E-state index contributed by atoms with van der Waals surface area (Å²) in [5, 5.41) is 9.43. The van der Waals surface area contributed by atoms with Crippen molar-refractivity contribution in [2.75, 3.05) is 26.2 Å². The van der Waals surface area contributed by atoms with Gasteiger partial charge in [0.15, 0.2) is 0 Å². The third-order valence-corrected chi connectivity index (χ3v) is 3.41. The number of benzene rings is 1. The minimum absolute atomic E-state index is 0.111. The molecule has 1 aromatic carbocycles. The Bertz CT molecular complexity index is 363. The lowest BCUT2D eigenvalue weighted by atomic mass is 10.1. The zero-order chi connectivity index (χ0) is 12.8. The highest BCUT2D eigenvalue weighted by atomic mass is 16.5. The summed E-state index contributed by atoms with van der Waals surface area (Å²) in [4.78, 5) is 2.33. The predicted molar refractivity (Wildman–Crippen MR) is 71.5 cm³/mol. The first kappa shape index (κ1) is 13.3. The van der Waals surface area contributed by atoms with E-state index in [1.807, 2.05) is 24.3 Å². The van der Waals surface area contributed by atoms with Crippen LogP contribution in [-0.4, -0.2) is 42.4 Å². The van der Waals surface area contributed by atoms with Crippen LogP contribution in [0.15, 0.2) is 24.3 Å². The molecule has 3 N–H and O–H groups in total. The van der Waals surface area contributed by atoms with Crippen LogP contribution in [0.3, 0.4) is 0 Å². The van der Waals surface area contributed by atoms with Crippen LogP contribution in [0.25, 0.3) is 0 Å². The Kier molecular flexibility index (Phi) is 4.99. The van der Waals surface area contributed by atoms with Crippen molar-refractivity contribution < 1.29 is 9.84 Å².